The summed E-state index contributed by atoms with van der Waals surface area (Å²) in [6, 6.07) is 6.99. The first-order valence-corrected chi connectivity index (χ1v) is 15.3. The van der Waals surface area contributed by atoms with Gasteiger partial charge < -0.3 is 22.1 Å². The smallest absolute Gasteiger partial charge is 0.520 e. The van der Waals surface area contributed by atoms with Crippen LogP contribution in [0.2, 0.25) is 18.6 Å². The van der Waals surface area contributed by atoms with Crippen LogP contribution in [0.5, 0.6) is 5.75 Å². The summed E-state index contributed by atoms with van der Waals surface area (Å²) in [5.41, 5.74) is 2.01. The van der Waals surface area contributed by atoms with E-state index < -0.39 is 35.3 Å². The average molecular weight is 487 g/mol. The van der Waals surface area contributed by atoms with Crippen LogP contribution in [0.15, 0.2) is 18.2 Å². The van der Waals surface area contributed by atoms with Gasteiger partial charge in [-0.05, 0) is 49.3 Å². The molecule has 0 fully saturated rings. The summed E-state index contributed by atoms with van der Waals surface area (Å²) < 4.78 is 27.9. The van der Waals surface area contributed by atoms with E-state index in [0.717, 1.165) is 35.1 Å². The van der Waals surface area contributed by atoms with Crippen molar-refractivity contribution in [3.8, 4) is 5.75 Å². The van der Waals surface area contributed by atoms with Gasteiger partial charge in [0, 0.05) is 32.4 Å². The van der Waals surface area contributed by atoms with Gasteiger partial charge in [-0.3, -0.25) is 14.4 Å². The Hall–Kier alpha value is -1.83. The number of hydrogen-bond donors (Lipinski definition) is 1. The van der Waals surface area contributed by atoms with E-state index in [4.69, 9.17) is 22.1 Å². The molecule has 1 heterocycles. The maximum atomic E-state index is 11.5. The number of carbonyl (C=O) groups is 3. The van der Waals surface area contributed by atoms with Crippen molar-refractivity contribution >= 4 is 47.9 Å². The summed E-state index contributed by atoms with van der Waals surface area (Å²) in [5.74, 6) is -0.334. The van der Waals surface area contributed by atoms with Crippen molar-refractivity contribution in [1.29, 1.82) is 0 Å². The lowest BCUT2D eigenvalue weighted by Gasteiger charge is -2.33. The SMILES string of the molecule is CC(=O)O[Si](CCCc1ccc2c(c1)CO[Si](C)(CCCS)O2)(OC(C)=O)OC(C)=O. The zero-order valence-corrected chi connectivity index (χ0v) is 21.3. The molecule has 1 unspecified atom stereocenters. The highest BCUT2D eigenvalue weighted by atomic mass is 32.1. The van der Waals surface area contributed by atoms with Crippen molar-refractivity contribution in [3.05, 3.63) is 29.3 Å². The fourth-order valence-corrected chi connectivity index (χ4v) is 8.46. The summed E-state index contributed by atoms with van der Waals surface area (Å²) >= 11 is 4.26. The minimum atomic E-state index is -3.80. The highest BCUT2D eigenvalue weighted by molar-refractivity contribution is 7.80. The first-order valence-electron chi connectivity index (χ1n) is 10.2. The number of carbonyl (C=O) groups excluding carboxylic acids is 3. The molecular weight excluding hydrogens is 456 g/mol. The molecule has 31 heavy (non-hydrogen) atoms. The van der Waals surface area contributed by atoms with Crippen LogP contribution in [0.4, 0.5) is 0 Å². The molecule has 0 aromatic heterocycles. The van der Waals surface area contributed by atoms with Gasteiger partial charge in [-0.15, -0.1) is 0 Å². The normalized spacial score (nSPS) is 17.8. The van der Waals surface area contributed by atoms with E-state index in [2.05, 4.69) is 19.2 Å². The predicted molar refractivity (Wildman–Crippen MR) is 121 cm³/mol. The van der Waals surface area contributed by atoms with Gasteiger partial charge in [0.05, 0.1) is 12.7 Å². The van der Waals surface area contributed by atoms with Gasteiger partial charge >= 0.3 is 17.4 Å². The lowest BCUT2D eigenvalue weighted by Crippen LogP contribution is -2.49. The molecule has 0 radical (unpaired) electrons. The van der Waals surface area contributed by atoms with Crippen LogP contribution in [0.3, 0.4) is 0 Å². The Morgan fingerprint density at radius 3 is 2.23 bits per heavy atom. The van der Waals surface area contributed by atoms with Crippen molar-refractivity contribution in [1.82, 2.24) is 0 Å². The minimum absolute atomic E-state index is 0.143. The predicted octanol–water partition coefficient (Wildman–Crippen LogP) is 3.55. The fourth-order valence-electron chi connectivity index (χ4n) is 3.40. The molecule has 1 atom stereocenters. The Balaban J connectivity index is 2.05. The third-order valence-corrected chi connectivity index (χ3v) is 10.4. The largest absolute Gasteiger partial charge is 0.705 e. The van der Waals surface area contributed by atoms with E-state index in [1.807, 2.05) is 18.2 Å². The standard InChI is InChI=1S/C20H30O8SSi2/c1-15(21)25-31(26-16(2)22,27-17(3)23)12-5-7-18-8-9-20-19(13-18)14-24-30(4,28-20)11-6-10-29/h8-9,13,29H,5-7,10-12,14H2,1-4H3. The Kier molecular flexibility index (Phi) is 9.16. The number of hydrogen-bond acceptors (Lipinski definition) is 9. The van der Waals surface area contributed by atoms with Crippen molar-refractivity contribution in [2.45, 2.75) is 65.3 Å². The topological polar surface area (TPSA) is 97.4 Å². The number of benzene rings is 1. The molecule has 1 aliphatic rings. The van der Waals surface area contributed by atoms with Gasteiger partial charge in [-0.2, -0.15) is 12.6 Å². The van der Waals surface area contributed by atoms with Crippen molar-refractivity contribution in [2.75, 3.05) is 5.75 Å². The Bertz CT molecular complexity index is 778. The quantitative estimate of drug-likeness (QED) is 0.396. The first kappa shape index (κ1) is 25.4. The van der Waals surface area contributed by atoms with E-state index in [1.165, 1.54) is 20.8 Å². The molecule has 1 aliphatic heterocycles. The third-order valence-electron chi connectivity index (χ3n) is 4.62. The number of rotatable bonds is 10. The van der Waals surface area contributed by atoms with Crippen LogP contribution in [-0.2, 0) is 45.1 Å². The van der Waals surface area contributed by atoms with Gasteiger partial charge in [0.25, 0.3) is 17.9 Å². The van der Waals surface area contributed by atoms with Gasteiger partial charge in [0.15, 0.2) is 0 Å². The Morgan fingerprint density at radius 2 is 1.68 bits per heavy atom. The molecule has 2 rings (SSSR count). The van der Waals surface area contributed by atoms with Gasteiger partial charge in [0.2, 0.25) is 0 Å². The van der Waals surface area contributed by atoms with E-state index in [0.29, 0.717) is 19.4 Å². The summed E-state index contributed by atoms with van der Waals surface area (Å²) in [6.45, 7) is 6.13. The lowest BCUT2D eigenvalue weighted by atomic mass is 10.1. The Morgan fingerprint density at radius 1 is 1.06 bits per heavy atom. The summed E-state index contributed by atoms with van der Waals surface area (Å²) in [6.07, 6.45) is 2.06. The van der Waals surface area contributed by atoms with Crippen LogP contribution in [0.25, 0.3) is 0 Å². The summed E-state index contributed by atoms with van der Waals surface area (Å²) in [5, 5.41) is 0. The molecule has 0 bridgehead atoms. The second-order valence-electron chi connectivity index (χ2n) is 7.61. The summed E-state index contributed by atoms with van der Waals surface area (Å²) in [7, 11) is -6.01. The molecular formula is C20H30O8SSi2. The molecule has 0 spiro atoms. The highest BCUT2D eigenvalue weighted by Crippen LogP contribution is 2.33. The Labute approximate surface area is 190 Å². The van der Waals surface area contributed by atoms with Crippen molar-refractivity contribution in [3.63, 3.8) is 0 Å². The molecule has 0 aliphatic carbocycles. The molecule has 11 heteroatoms. The maximum absolute atomic E-state index is 11.5. The number of thiol groups is 1. The first-order chi connectivity index (χ1) is 14.6. The van der Waals surface area contributed by atoms with E-state index in [-0.39, 0.29) is 6.04 Å². The number of aryl methyl sites for hydroxylation is 1. The van der Waals surface area contributed by atoms with Crippen LogP contribution < -0.4 is 4.43 Å². The van der Waals surface area contributed by atoms with E-state index in [9.17, 15) is 14.4 Å². The van der Waals surface area contributed by atoms with Crippen LogP contribution in [0.1, 0.15) is 44.7 Å². The second kappa shape index (κ2) is 11.2. The third kappa shape index (κ3) is 7.98. The molecule has 0 saturated carbocycles. The fraction of sp³-hybridized carbons (Fsp3) is 0.550. The van der Waals surface area contributed by atoms with Crippen molar-refractivity contribution < 1.29 is 36.5 Å². The molecule has 1 aromatic carbocycles. The van der Waals surface area contributed by atoms with E-state index in [1.54, 1.807) is 0 Å². The van der Waals surface area contributed by atoms with Crippen LogP contribution in [0, 0.1) is 0 Å². The van der Waals surface area contributed by atoms with Crippen molar-refractivity contribution in [2.24, 2.45) is 0 Å². The zero-order valence-electron chi connectivity index (χ0n) is 18.4. The van der Waals surface area contributed by atoms with Crippen LogP contribution >= 0.6 is 12.6 Å². The molecule has 0 amide bonds. The van der Waals surface area contributed by atoms with E-state index >= 15 is 0 Å². The second-order valence-corrected chi connectivity index (χ2v) is 13.8. The average Bonchev–Trinajstić information content (AvgIpc) is 2.65. The lowest BCUT2D eigenvalue weighted by molar-refractivity contribution is -0.147. The summed E-state index contributed by atoms with van der Waals surface area (Å²) in [4.78, 5) is 34.6. The molecule has 1 aromatic rings. The highest BCUT2D eigenvalue weighted by Gasteiger charge is 2.51. The monoisotopic (exact) mass is 486 g/mol. The van der Waals surface area contributed by atoms with Gasteiger partial charge in [0.1, 0.15) is 5.75 Å². The molecule has 172 valence electrons. The minimum Gasteiger partial charge on any atom is -0.520 e. The van der Waals surface area contributed by atoms with Crippen LogP contribution in [-0.4, -0.2) is 41.0 Å². The zero-order chi connectivity index (χ0) is 23.1. The molecule has 0 saturated heterocycles. The molecule has 0 N–H and O–H groups in total. The molecule has 8 nitrogen and oxygen atoms in total. The van der Waals surface area contributed by atoms with Gasteiger partial charge in [-0.1, -0.05) is 6.07 Å². The maximum Gasteiger partial charge on any atom is 0.705 e. The number of fused-ring (bicyclic) bond motifs is 1. The van der Waals surface area contributed by atoms with Gasteiger partial charge in [-0.25, -0.2) is 0 Å².